The lowest BCUT2D eigenvalue weighted by molar-refractivity contribution is 0.415. The number of methoxy groups -OCH3 is 1. The fourth-order valence-corrected chi connectivity index (χ4v) is 4.20. The molecule has 0 amide bonds. The van der Waals surface area contributed by atoms with E-state index >= 15 is 0 Å². The second-order valence-corrected chi connectivity index (χ2v) is 7.95. The van der Waals surface area contributed by atoms with Crippen LogP contribution in [0.1, 0.15) is 11.1 Å². The predicted molar refractivity (Wildman–Crippen MR) is 101 cm³/mol. The molecule has 6 heteroatoms. The Kier molecular flexibility index (Phi) is 4.99. The average Bonchev–Trinajstić information content (AvgIpc) is 2.59. The normalized spacial score (nSPS) is 11.6. The zero-order valence-corrected chi connectivity index (χ0v) is 15.5. The van der Waals surface area contributed by atoms with E-state index in [1.165, 1.54) is 6.07 Å². The molecule has 0 aliphatic carbocycles. The molecule has 0 aromatic heterocycles. The van der Waals surface area contributed by atoms with E-state index in [4.69, 9.17) is 16.3 Å². The van der Waals surface area contributed by atoms with Crippen molar-refractivity contribution in [2.75, 3.05) is 7.11 Å². The number of fused-ring (bicyclic) bond motifs is 1. The molecule has 0 saturated heterocycles. The molecule has 0 fully saturated rings. The Bertz CT molecular complexity index is 1030. The van der Waals surface area contributed by atoms with Gasteiger partial charge in [-0.3, -0.25) is 0 Å². The molecule has 25 heavy (non-hydrogen) atoms. The Morgan fingerprint density at radius 1 is 1.00 bits per heavy atom. The summed E-state index contributed by atoms with van der Waals surface area (Å²) in [7, 11) is -2.05. The third kappa shape index (κ3) is 3.95. The van der Waals surface area contributed by atoms with Crippen molar-refractivity contribution in [1.82, 2.24) is 4.72 Å². The lowest BCUT2D eigenvalue weighted by Gasteiger charge is -2.10. The van der Waals surface area contributed by atoms with Crippen molar-refractivity contribution in [1.29, 1.82) is 0 Å². The minimum Gasteiger partial charge on any atom is -0.497 e. The topological polar surface area (TPSA) is 55.4 Å². The summed E-state index contributed by atoms with van der Waals surface area (Å²) >= 11 is 6.07. The summed E-state index contributed by atoms with van der Waals surface area (Å²) in [5, 5.41) is 2.27. The molecule has 0 aliphatic heterocycles. The second-order valence-electron chi connectivity index (χ2n) is 5.81. The van der Waals surface area contributed by atoms with Gasteiger partial charge in [0.05, 0.1) is 12.1 Å². The van der Waals surface area contributed by atoms with Crippen LogP contribution in [-0.4, -0.2) is 15.5 Å². The maximum absolute atomic E-state index is 12.5. The summed E-state index contributed by atoms with van der Waals surface area (Å²) in [4.78, 5) is 0.0882. The van der Waals surface area contributed by atoms with E-state index in [2.05, 4.69) is 4.72 Å². The van der Waals surface area contributed by atoms with Gasteiger partial charge in [0, 0.05) is 6.54 Å². The molecular formula is C19H18ClNO3S. The summed E-state index contributed by atoms with van der Waals surface area (Å²) in [6.07, 6.45) is 0. The van der Waals surface area contributed by atoms with Crippen molar-refractivity contribution in [3.05, 3.63) is 70.7 Å². The van der Waals surface area contributed by atoms with Gasteiger partial charge in [0.15, 0.2) is 0 Å². The van der Waals surface area contributed by atoms with Crippen molar-refractivity contribution < 1.29 is 13.2 Å². The smallest absolute Gasteiger partial charge is 0.242 e. The van der Waals surface area contributed by atoms with E-state index in [9.17, 15) is 8.42 Å². The second kappa shape index (κ2) is 7.04. The predicted octanol–water partition coefficient (Wildman–Crippen LogP) is 4.29. The van der Waals surface area contributed by atoms with Crippen LogP contribution < -0.4 is 9.46 Å². The van der Waals surface area contributed by atoms with E-state index in [-0.39, 0.29) is 16.5 Å². The van der Waals surface area contributed by atoms with Gasteiger partial charge in [-0.05, 0) is 59.2 Å². The van der Waals surface area contributed by atoms with Crippen LogP contribution in [0.25, 0.3) is 10.8 Å². The monoisotopic (exact) mass is 375 g/mol. The third-order valence-electron chi connectivity index (χ3n) is 3.96. The van der Waals surface area contributed by atoms with Crippen LogP contribution in [-0.2, 0) is 16.6 Å². The molecule has 1 N–H and O–H groups in total. The maximum Gasteiger partial charge on any atom is 0.242 e. The molecule has 0 bridgehead atoms. The standard InChI is InChI=1S/C19H18ClNO3S/c1-13-3-8-19(18(20)9-13)25(22,23)21-12-14-4-5-16-11-17(24-2)7-6-15(16)10-14/h3-11,21H,12H2,1-2H3. The molecule has 130 valence electrons. The number of halogens is 1. The van der Waals surface area contributed by atoms with Crippen LogP contribution in [0, 0.1) is 6.92 Å². The van der Waals surface area contributed by atoms with Gasteiger partial charge < -0.3 is 4.74 Å². The van der Waals surface area contributed by atoms with Crippen LogP contribution in [0.5, 0.6) is 5.75 Å². The van der Waals surface area contributed by atoms with Crippen molar-refractivity contribution >= 4 is 32.4 Å². The van der Waals surface area contributed by atoms with E-state index in [0.29, 0.717) is 0 Å². The first kappa shape index (κ1) is 17.7. The van der Waals surface area contributed by atoms with Crippen molar-refractivity contribution in [3.63, 3.8) is 0 Å². The van der Waals surface area contributed by atoms with Crippen LogP contribution >= 0.6 is 11.6 Å². The Morgan fingerprint density at radius 2 is 1.72 bits per heavy atom. The number of hydrogen-bond acceptors (Lipinski definition) is 3. The highest BCUT2D eigenvalue weighted by Crippen LogP contribution is 2.24. The van der Waals surface area contributed by atoms with Gasteiger partial charge >= 0.3 is 0 Å². The van der Waals surface area contributed by atoms with Crippen LogP contribution in [0.3, 0.4) is 0 Å². The van der Waals surface area contributed by atoms with Gasteiger partial charge in [-0.2, -0.15) is 0 Å². The molecule has 0 saturated carbocycles. The van der Waals surface area contributed by atoms with Gasteiger partial charge in [-0.25, -0.2) is 13.1 Å². The molecule has 0 atom stereocenters. The van der Waals surface area contributed by atoms with Crippen LogP contribution in [0.2, 0.25) is 5.02 Å². The fourth-order valence-electron chi connectivity index (χ4n) is 2.59. The summed E-state index contributed by atoms with van der Waals surface area (Å²) in [5.41, 5.74) is 1.78. The Morgan fingerprint density at radius 3 is 2.44 bits per heavy atom. The summed E-state index contributed by atoms with van der Waals surface area (Å²) in [6, 6.07) is 16.4. The molecular weight excluding hydrogens is 358 g/mol. The highest BCUT2D eigenvalue weighted by Gasteiger charge is 2.17. The molecule has 0 spiro atoms. The molecule has 0 aliphatic rings. The largest absolute Gasteiger partial charge is 0.497 e. The number of nitrogens with one attached hydrogen (secondary N) is 1. The number of ether oxygens (including phenoxy) is 1. The highest BCUT2D eigenvalue weighted by atomic mass is 35.5. The van der Waals surface area contributed by atoms with E-state index < -0.39 is 10.0 Å². The number of sulfonamides is 1. The molecule has 3 aromatic carbocycles. The van der Waals surface area contributed by atoms with Crippen molar-refractivity contribution in [2.45, 2.75) is 18.4 Å². The lowest BCUT2D eigenvalue weighted by Crippen LogP contribution is -2.23. The number of rotatable bonds is 5. The first-order valence-corrected chi connectivity index (χ1v) is 9.58. The van der Waals surface area contributed by atoms with Gasteiger partial charge in [0.25, 0.3) is 0 Å². The number of aryl methyl sites for hydroxylation is 1. The molecule has 3 rings (SSSR count). The average molecular weight is 376 g/mol. The molecule has 0 unspecified atom stereocenters. The summed E-state index contributed by atoms with van der Waals surface area (Å²) < 4.78 is 32.8. The Labute approximate surface area is 152 Å². The zero-order valence-electron chi connectivity index (χ0n) is 13.9. The van der Waals surface area contributed by atoms with Crippen LogP contribution in [0.15, 0.2) is 59.5 Å². The van der Waals surface area contributed by atoms with Gasteiger partial charge in [-0.1, -0.05) is 35.9 Å². The zero-order chi connectivity index (χ0) is 18.0. The van der Waals surface area contributed by atoms with Gasteiger partial charge in [0.1, 0.15) is 10.6 Å². The number of hydrogen-bond donors (Lipinski definition) is 1. The van der Waals surface area contributed by atoms with Crippen LogP contribution in [0.4, 0.5) is 0 Å². The fraction of sp³-hybridized carbons (Fsp3) is 0.158. The minimum absolute atomic E-state index is 0.0882. The number of benzene rings is 3. The van der Waals surface area contributed by atoms with E-state index in [1.54, 1.807) is 19.2 Å². The highest BCUT2D eigenvalue weighted by molar-refractivity contribution is 7.89. The molecule has 0 heterocycles. The minimum atomic E-state index is -3.67. The maximum atomic E-state index is 12.5. The Balaban J connectivity index is 1.81. The Hall–Kier alpha value is -2.08. The lowest BCUT2D eigenvalue weighted by atomic mass is 10.1. The quantitative estimate of drug-likeness (QED) is 0.723. The summed E-state index contributed by atoms with van der Waals surface area (Å²) in [5.74, 6) is 0.787. The summed E-state index contributed by atoms with van der Waals surface area (Å²) in [6.45, 7) is 2.05. The molecule has 3 aromatic rings. The van der Waals surface area contributed by atoms with Crippen molar-refractivity contribution in [2.24, 2.45) is 0 Å². The molecule has 0 radical (unpaired) electrons. The van der Waals surface area contributed by atoms with E-state index in [1.807, 2.05) is 43.3 Å². The third-order valence-corrected chi connectivity index (χ3v) is 5.84. The first-order valence-electron chi connectivity index (χ1n) is 7.71. The SMILES string of the molecule is COc1ccc2cc(CNS(=O)(=O)c3ccc(C)cc3Cl)ccc2c1. The molecule has 4 nitrogen and oxygen atoms in total. The van der Waals surface area contributed by atoms with Gasteiger partial charge in [0.2, 0.25) is 10.0 Å². The first-order chi connectivity index (χ1) is 11.9. The van der Waals surface area contributed by atoms with Gasteiger partial charge in [-0.15, -0.1) is 0 Å². The van der Waals surface area contributed by atoms with E-state index in [0.717, 1.165) is 27.6 Å². The van der Waals surface area contributed by atoms with Crippen molar-refractivity contribution in [3.8, 4) is 5.75 Å².